The Morgan fingerprint density at radius 2 is 1.96 bits per heavy atom. The highest BCUT2D eigenvalue weighted by Crippen LogP contribution is 2.25. The molecule has 0 fully saturated rings. The summed E-state index contributed by atoms with van der Waals surface area (Å²) < 4.78 is 0. The SMILES string of the molecule is CSc1ccc2cc(C(=O)NCC(C)(C)N3CCc4ccccc4C3)[nH]c2c1. The number of rotatable bonds is 5. The number of hydrogen-bond donors (Lipinski definition) is 2. The van der Waals surface area contributed by atoms with Gasteiger partial charge in [0.2, 0.25) is 0 Å². The lowest BCUT2D eigenvalue weighted by atomic mass is 9.94. The van der Waals surface area contributed by atoms with Gasteiger partial charge in [-0.3, -0.25) is 9.69 Å². The highest BCUT2D eigenvalue weighted by molar-refractivity contribution is 7.98. The molecule has 146 valence electrons. The van der Waals surface area contributed by atoms with Crippen LogP contribution in [0.1, 0.15) is 35.5 Å². The van der Waals surface area contributed by atoms with Crippen LogP contribution >= 0.6 is 11.8 Å². The molecule has 0 radical (unpaired) electrons. The van der Waals surface area contributed by atoms with Crippen molar-refractivity contribution in [2.75, 3.05) is 19.3 Å². The minimum Gasteiger partial charge on any atom is -0.350 e. The molecule has 1 amide bonds. The van der Waals surface area contributed by atoms with Crippen molar-refractivity contribution in [1.82, 2.24) is 15.2 Å². The molecule has 4 rings (SSSR count). The number of aromatic amines is 1. The first-order valence-corrected chi connectivity index (χ1v) is 11.0. The van der Waals surface area contributed by atoms with E-state index in [-0.39, 0.29) is 11.4 Å². The normalized spacial score (nSPS) is 14.8. The standard InChI is InChI=1S/C23H27N3OS/c1-23(2,26-11-10-16-6-4-5-7-18(16)14-26)15-24-22(27)21-12-17-8-9-19(28-3)13-20(17)25-21/h4-9,12-13,25H,10-11,14-15H2,1-3H3,(H,24,27). The van der Waals surface area contributed by atoms with E-state index >= 15 is 0 Å². The first-order chi connectivity index (χ1) is 13.5. The third-order valence-electron chi connectivity index (χ3n) is 5.74. The number of benzene rings is 2. The van der Waals surface area contributed by atoms with Gasteiger partial charge in [0.15, 0.2) is 0 Å². The maximum Gasteiger partial charge on any atom is 0.267 e. The van der Waals surface area contributed by atoms with Crippen LogP contribution in [-0.4, -0.2) is 40.7 Å². The van der Waals surface area contributed by atoms with Crippen molar-refractivity contribution in [3.05, 3.63) is 65.4 Å². The molecule has 0 spiro atoms. The van der Waals surface area contributed by atoms with E-state index in [2.05, 4.69) is 77.8 Å². The van der Waals surface area contributed by atoms with Crippen molar-refractivity contribution in [3.63, 3.8) is 0 Å². The van der Waals surface area contributed by atoms with Crippen molar-refractivity contribution >= 4 is 28.6 Å². The predicted molar refractivity (Wildman–Crippen MR) is 117 cm³/mol. The maximum absolute atomic E-state index is 12.7. The third-order valence-corrected chi connectivity index (χ3v) is 6.47. The Balaban J connectivity index is 1.42. The molecule has 0 atom stereocenters. The molecule has 1 aliphatic heterocycles. The lowest BCUT2D eigenvalue weighted by Crippen LogP contribution is -2.53. The van der Waals surface area contributed by atoms with Crippen LogP contribution in [-0.2, 0) is 13.0 Å². The quantitative estimate of drug-likeness (QED) is 0.630. The number of carbonyl (C=O) groups is 1. The van der Waals surface area contributed by atoms with Crippen molar-refractivity contribution in [2.45, 2.75) is 37.2 Å². The zero-order valence-corrected chi connectivity index (χ0v) is 17.5. The van der Waals surface area contributed by atoms with Crippen LogP contribution < -0.4 is 5.32 Å². The minimum atomic E-state index is -0.110. The van der Waals surface area contributed by atoms with E-state index in [1.807, 2.05) is 6.07 Å². The number of nitrogens with one attached hydrogen (secondary N) is 2. The number of amides is 1. The number of aromatic nitrogens is 1. The summed E-state index contributed by atoms with van der Waals surface area (Å²) in [6.45, 7) is 6.97. The summed E-state index contributed by atoms with van der Waals surface area (Å²) in [6, 6.07) is 16.8. The fourth-order valence-corrected chi connectivity index (χ4v) is 4.31. The molecule has 4 nitrogen and oxygen atoms in total. The topological polar surface area (TPSA) is 48.1 Å². The molecule has 0 saturated heterocycles. The van der Waals surface area contributed by atoms with E-state index in [9.17, 15) is 4.79 Å². The van der Waals surface area contributed by atoms with E-state index in [4.69, 9.17) is 0 Å². The van der Waals surface area contributed by atoms with Gasteiger partial charge in [0.25, 0.3) is 5.91 Å². The number of thioether (sulfide) groups is 1. The van der Waals surface area contributed by atoms with E-state index < -0.39 is 0 Å². The van der Waals surface area contributed by atoms with Crippen LogP contribution in [0.25, 0.3) is 10.9 Å². The highest BCUT2D eigenvalue weighted by atomic mass is 32.2. The molecule has 5 heteroatoms. The number of H-pyrrole nitrogens is 1. The summed E-state index contributed by atoms with van der Waals surface area (Å²) in [7, 11) is 0. The molecule has 0 bridgehead atoms. The lowest BCUT2D eigenvalue weighted by Gasteiger charge is -2.41. The van der Waals surface area contributed by atoms with Crippen molar-refractivity contribution < 1.29 is 4.79 Å². The molecule has 28 heavy (non-hydrogen) atoms. The van der Waals surface area contributed by atoms with Crippen molar-refractivity contribution in [1.29, 1.82) is 0 Å². The molecule has 0 aliphatic carbocycles. The summed E-state index contributed by atoms with van der Waals surface area (Å²) in [5.74, 6) is -0.0487. The smallest absolute Gasteiger partial charge is 0.267 e. The van der Waals surface area contributed by atoms with Crippen LogP contribution in [0.5, 0.6) is 0 Å². The van der Waals surface area contributed by atoms with E-state index in [0.717, 1.165) is 30.4 Å². The Kier molecular flexibility index (Phi) is 5.21. The Morgan fingerprint density at radius 3 is 2.75 bits per heavy atom. The Bertz CT molecular complexity index is 1010. The van der Waals surface area contributed by atoms with Gasteiger partial charge in [0, 0.05) is 41.0 Å². The predicted octanol–water partition coefficient (Wildman–Crippen LogP) is 4.46. The average molecular weight is 394 g/mol. The van der Waals surface area contributed by atoms with Gasteiger partial charge in [-0.2, -0.15) is 0 Å². The largest absolute Gasteiger partial charge is 0.350 e. The fraction of sp³-hybridized carbons (Fsp3) is 0.348. The fourth-order valence-electron chi connectivity index (χ4n) is 3.87. The number of nitrogens with zero attached hydrogens (tertiary/aromatic N) is 1. The number of carbonyl (C=O) groups excluding carboxylic acids is 1. The van der Waals surface area contributed by atoms with Gasteiger partial charge in [-0.1, -0.05) is 30.3 Å². The third kappa shape index (κ3) is 3.82. The summed E-state index contributed by atoms with van der Waals surface area (Å²) in [4.78, 5) is 19.6. The van der Waals surface area contributed by atoms with Crippen LogP contribution in [0.2, 0.25) is 0 Å². The first-order valence-electron chi connectivity index (χ1n) is 9.73. The molecular formula is C23H27N3OS. The lowest BCUT2D eigenvalue weighted by molar-refractivity contribution is 0.0823. The second-order valence-electron chi connectivity index (χ2n) is 8.07. The summed E-state index contributed by atoms with van der Waals surface area (Å²) in [5.41, 5.74) is 4.35. The van der Waals surface area contributed by atoms with Gasteiger partial charge >= 0.3 is 0 Å². The number of hydrogen-bond acceptors (Lipinski definition) is 3. The molecule has 0 unspecified atom stereocenters. The van der Waals surface area contributed by atoms with Crippen LogP contribution in [0.15, 0.2) is 53.4 Å². The highest BCUT2D eigenvalue weighted by Gasteiger charge is 2.30. The molecule has 1 aromatic heterocycles. The van der Waals surface area contributed by atoms with Crippen molar-refractivity contribution in [3.8, 4) is 0 Å². The van der Waals surface area contributed by atoms with E-state index in [0.29, 0.717) is 12.2 Å². The molecule has 2 N–H and O–H groups in total. The van der Waals surface area contributed by atoms with Gasteiger partial charge < -0.3 is 10.3 Å². The Labute approximate surface area is 170 Å². The van der Waals surface area contributed by atoms with Crippen LogP contribution in [0.4, 0.5) is 0 Å². The van der Waals surface area contributed by atoms with Gasteiger partial charge in [-0.05, 0) is 55.9 Å². The molecule has 3 aromatic rings. The van der Waals surface area contributed by atoms with E-state index in [1.54, 1.807) is 11.8 Å². The zero-order chi connectivity index (χ0) is 19.7. The molecule has 0 saturated carbocycles. The minimum absolute atomic E-state index is 0.0487. The second-order valence-corrected chi connectivity index (χ2v) is 8.95. The molecule has 2 aromatic carbocycles. The van der Waals surface area contributed by atoms with Gasteiger partial charge in [-0.25, -0.2) is 0 Å². The van der Waals surface area contributed by atoms with Gasteiger partial charge in [0.05, 0.1) is 0 Å². The van der Waals surface area contributed by atoms with Crippen LogP contribution in [0, 0.1) is 0 Å². The summed E-state index contributed by atoms with van der Waals surface area (Å²) >= 11 is 1.70. The summed E-state index contributed by atoms with van der Waals surface area (Å²) in [5, 5.41) is 4.20. The monoisotopic (exact) mass is 393 g/mol. The number of fused-ring (bicyclic) bond motifs is 2. The van der Waals surface area contributed by atoms with Crippen molar-refractivity contribution in [2.24, 2.45) is 0 Å². The Hall–Kier alpha value is -2.24. The average Bonchev–Trinajstić information content (AvgIpc) is 3.15. The van der Waals surface area contributed by atoms with Gasteiger partial charge in [0.1, 0.15) is 5.69 Å². The molecule has 2 heterocycles. The Morgan fingerprint density at radius 1 is 1.18 bits per heavy atom. The van der Waals surface area contributed by atoms with Crippen LogP contribution in [0.3, 0.4) is 0 Å². The molecule has 1 aliphatic rings. The summed E-state index contributed by atoms with van der Waals surface area (Å²) in [6.07, 6.45) is 3.12. The molecular weight excluding hydrogens is 366 g/mol. The zero-order valence-electron chi connectivity index (χ0n) is 16.7. The second kappa shape index (κ2) is 7.64. The van der Waals surface area contributed by atoms with E-state index in [1.165, 1.54) is 16.0 Å². The van der Waals surface area contributed by atoms with Gasteiger partial charge in [-0.15, -0.1) is 11.8 Å². The maximum atomic E-state index is 12.7. The first kappa shape index (κ1) is 19.1.